The number of hydrogen-bond donors (Lipinski definition) is 0. The molecule has 0 atom stereocenters. The van der Waals surface area contributed by atoms with Crippen molar-refractivity contribution in [2.24, 2.45) is 0 Å². The van der Waals surface area contributed by atoms with Crippen molar-refractivity contribution in [3.63, 3.8) is 0 Å². The van der Waals surface area contributed by atoms with Crippen molar-refractivity contribution in [1.82, 2.24) is 9.78 Å². The Balaban J connectivity index is 2.28. The van der Waals surface area contributed by atoms with Crippen molar-refractivity contribution in [2.45, 2.75) is 20.4 Å². The molecule has 0 unspecified atom stereocenters. The maximum atomic E-state index is 11.8. The molecule has 1 heterocycles. The van der Waals surface area contributed by atoms with Gasteiger partial charge in [-0.15, -0.1) is 0 Å². The van der Waals surface area contributed by atoms with E-state index in [9.17, 15) is 4.79 Å². The second-order valence-electron chi connectivity index (χ2n) is 4.11. The lowest BCUT2D eigenvalue weighted by Gasteiger charge is -2.04. The number of hydrogen-bond acceptors (Lipinski definition) is 3. The maximum absolute atomic E-state index is 11.8. The van der Waals surface area contributed by atoms with E-state index in [1.165, 1.54) is 0 Å². The Labute approximate surface area is 125 Å². The van der Waals surface area contributed by atoms with E-state index in [2.05, 4.69) is 27.7 Å². The second kappa shape index (κ2) is 6.18. The van der Waals surface area contributed by atoms with E-state index in [0.717, 1.165) is 14.8 Å². The lowest BCUT2D eigenvalue weighted by atomic mass is 10.2. The molecule has 0 aliphatic heterocycles. The molecule has 2 rings (SSSR count). The molecule has 4 nitrogen and oxygen atoms in total. The molecule has 0 saturated carbocycles. The first kappa shape index (κ1) is 14.0. The summed E-state index contributed by atoms with van der Waals surface area (Å²) in [7, 11) is 0. The minimum Gasteiger partial charge on any atom is -0.461 e. The zero-order chi connectivity index (χ0) is 13.8. The Morgan fingerprint density at radius 3 is 2.68 bits per heavy atom. The van der Waals surface area contributed by atoms with E-state index < -0.39 is 0 Å². The zero-order valence-electron chi connectivity index (χ0n) is 10.9. The van der Waals surface area contributed by atoms with Crippen LogP contribution in [0.2, 0.25) is 0 Å². The van der Waals surface area contributed by atoms with Crippen LogP contribution in [0.5, 0.6) is 0 Å². The van der Waals surface area contributed by atoms with Gasteiger partial charge in [-0.1, -0.05) is 30.3 Å². The Morgan fingerprint density at radius 1 is 1.37 bits per heavy atom. The summed E-state index contributed by atoms with van der Waals surface area (Å²) in [5.74, 6) is -0.359. The summed E-state index contributed by atoms with van der Waals surface area (Å²) in [4.78, 5) is 11.8. The third-order valence-electron chi connectivity index (χ3n) is 2.78. The molecule has 0 aliphatic carbocycles. The molecule has 19 heavy (non-hydrogen) atoms. The molecular formula is C14H15IN2O2. The third-order valence-corrected chi connectivity index (χ3v) is 4.07. The van der Waals surface area contributed by atoms with Crippen LogP contribution in [0.25, 0.3) is 0 Å². The second-order valence-corrected chi connectivity index (χ2v) is 5.19. The highest BCUT2D eigenvalue weighted by molar-refractivity contribution is 14.1. The van der Waals surface area contributed by atoms with Crippen LogP contribution in [0, 0.1) is 10.5 Å². The fourth-order valence-corrected chi connectivity index (χ4v) is 2.37. The predicted octanol–water partition coefficient (Wildman–Crippen LogP) is 3.02. The van der Waals surface area contributed by atoms with Crippen molar-refractivity contribution in [1.29, 1.82) is 0 Å². The molecule has 0 amide bonds. The SMILES string of the molecule is CCOC(=O)c1nn(Cc2ccccc2)c(C)c1I. The van der Waals surface area contributed by atoms with Crippen LogP contribution >= 0.6 is 22.6 Å². The standard InChI is InChI=1S/C14H15IN2O2/c1-3-19-14(18)13-12(15)10(2)17(16-13)9-11-7-5-4-6-8-11/h4-8H,3,9H2,1-2H3. The zero-order valence-corrected chi connectivity index (χ0v) is 13.0. The fourth-order valence-electron chi connectivity index (χ4n) is 1.76. The van der Waals surface area contributed by atoms with Crippen LogP contribution in [-0.4, -0.2) is 22.4 Å². The lowest BCUT2D eigenvalue weighted by Crippen LogP contribution is -2.08. The first-order valence-electron chi connectivity index (χ1n) is 6.07. The smallest absolute Gasteiger partial charge is 0.359 e. The average Bonchev–Trinajstić information content (AvgIpc) is 2.69. The normalized spacial score (nSPS) is 10.5. The number of benzene rings is 1. The number of ether oxygens (including phenoxy) is 1. The van der Waals surface area contributed by atoms with Crippen LogP contribution in [0.3, 0.4) is 0 Å². The Bertz CT molecular complexity index is 579. The van der Waals surface area contributed by atoms with Crippen LogP contribution < -0.4 is 0 Å². The number of rotatable bonds is 4. The highest BCUT2D eigenvalue weighted by Gasteiger charge is 2.19. The maximum Gasteiger partial charge on any atom is 0.359 e. The van der Waals surface area contributed by atoms with Crippen LogP contribution in [0.4, 0.5) is 0 Å². The summed E-state index contributed by atoms with van der Waals surface area (Å²) in [5, 5.41) is 4.36. The molecule has 0 bridgehead atoms. The summed E-state index contributed by atoms with van der Waals surface area (Å²) in [6, 6.07) is 10.0. The average molecular weight is 370 g/mol. The van der Waals surface area contributed by atoms with E-state index in [1.807, 2.05) is 41.9 Å². The lowest BCUT2D eigenvalue weighted by molar-refractivity contribution is 0.0517. The molecule has 2 aromatic rings. The number of carbonyl (C=O) groups excluding carboxylic acids is 1. The van der Waals surface area contributed by atoms with E-state index in [-0.39, 0.29) is 5.97 Å². The topological polar surface area (TPSA) is 44.1 Å². The van der Waals surface area contributed by atoms with Gasteiger partial charge in [0.25, 0.3) is 0 Å². The molecular weight excluding hydrogens is 355 g/mol. The monoisotopic (exact) mass is 370 g/mol. The van der Waals surface area contributed by atoms with Crippen LogP contribution in [0.15, 0.2) is 30.3 Å². The molecule has 5 heteroatoms. The van der Waals surface area contributed by atoms with Gasteiger partial charge in [0.1, 0.15) is 0 Å². The van der Waals surface area contributed by atoms with Gasteiger partial charge in [-0.05, 0) is 42.0 Å². The number of aromatic nitrogens is 2. The quantitative estimate of drug-likeness (QED) is 0.614. The summed E-state index contributed by atoms with van der Waals surface area (Å²) < 4.78 is 7.70. The molecule has 0 saturated heterocycles. The van der Waals surface area contributed by atoms with Gasteiger partial charge in [0.05, 0.1) is 16.7 Å². The van der Waals surface area contributed by atoms with Gasteiger partial charge < -0.3 is 4.74 Å². The van der Waals surface area contributed by atoms with Crippen molar-refractivity contribution in [3.05, 3.63) is 50.9 Å². The van der Waals surface area contributed by atoms with Crippen molar-refractivity contribution >= 4 is 28.6 Å². The molecule has 0 radical (unpaired) electrons. The fraction of sp³-hybridized carbons (Fsp3) is 0.286. The molecule has 0 fully saturated rings. The van der Waals surface area contributed by atoms with Gasteiger partial charge in [0, 0.05) is 5.69 Å². The summed E-state index contributed by atoms with van der Waals surface area (Å²) in [5.41, 5.74) is 2.53. The van der Waals surface area contributed by atoms with Crippen molar-refractivity contribution in [2.75, 3.05) is 6.61 Å². The summed E-state index contributed by atoms with van der Waals surface area (Å²) in [6.45, 7) is 4.76. The van der Waals surface area contributed by atoms with Gasteiger partial charge >= 0.3 is 5.97 Å². The molecule has 1 aromatic heterocycles. The van der Waals surface area contributed by atoms with Crippen LogP contribution in [-0.2, 0) is 11.3 Å². The third kappa shape index (κ3) is 3.15. The highest BCUT2D eigenvalue weighted by Crippen LogP contribution is 2.18. The van der Waals surface area contributed by atoms with Gasteiger partial charge in [0.2, 0.25) is 0 Å². The van der Waals surface area contributed by atoms with Crippen molar-refractivity contribution < 1.29 is 9.53 Å². The van der Waals surface area contributed by atoms with Gasteiger partial charge in [-0.2, -0.15) is 5.10 Å². The van der Waals surface area contributed by atoms with Gasteiger partial charge in [0.15, 0.2) is 5.69 Å². The minimum absolute atomic E-state index is 0.359. The first-order valence-corrected chi connectivity index (χ1v) is 7.15. The van der Waals surface area contributed by atoms with E-state index >= 15 is 0 Å². The number of nitrogens with zero attached hydrogens (tertiary/aromatic N) is 2. The molecule has 100 valence electrons. The Hall–Kier alpha value is -1.37. The number of halogens is 1. The molecule has 1 aromatic carbocycles. The Morgan fingerprint density at radius 2 is 2.05 bits per heavy atom. The van der Waals surface area contributed by atoms with Gasteiger partial charge in [-0.3, -0.25) is 4.68 Å². The van der Waals surface area contributed by atoms with Gasteiger partial charge in [-0.25, -0.2) is 4.79 Å². The minimum atomic E-state index is -0.359. The van der Waals surface area contributed by atoms with E-state index in [0.29, 0.717) is 18.8 Å². The largest absolute Gasteiger partial charge is 0.461 e. The van der Waals surface area contributed by atoms with Crippen LogP contribution in [0.1, 0.15) is 28.7 Å². The van der Waals surface area contributed by atoms with Crippen molar-refractivity contribution in [3.8, 4) is 0 Å². The predicted molar refractivity (Wildman–Crippen MR) is 81.2 cm³/mol. The molecule has 0 aliphatic rings. The number of carbonyl (C=O) groups is 1. The summed E-state index contributed by atoms with van der Waals surface area (Å²) in [6.07, 6.45) is 0. The summed E-state index contributed by atoms with van der Waals surface area (Å²) >= 11 is 2.14. The Kier molecular flexibility index (Phi) is 4.57. The van der Waals surface area contributed by atoms with E-state index in [1.54, 1.807) is 6.92 Å². The highest BCUT2D eigenvalue weighted by atomic mass is 127. The molecule has 0 N–H and O–H groups in total. The van der Waals surface area contributed by atoms with E-state index in [4.69, 9.17) is 4.74 Å². The number of esters is 1. The molecule has 0 spiro atoms. The first-order chi connectivity index (χ1) is 9.13.